The topological polar surface area (TPSA) is 62.6 Å². The van der Waals surface area contributed by atoms with Gasteiger partial charge in [0.1, 0.15) is 12.4 Å². The highest BCUT2D eigenvalue weighted by Crippen LogP contribution is 2.49. The lowest BCUT2D eigenvalue weighted by molar-refractivity contribution is -0.116. The number of benzene rings is 3. The molecule has 0 saturated carbocycles. The van der Waals surface area contributed by atoms with E-state index in [2.05, 4.69) is 12.1 Å². The molecule has 4 aromatic rings. The van der Waals surface area contributed by atoms with E-state index >= 15 is 0 Å². The second-order valence-corrected chi connectivity index (χ2v) is 9.78. The van der Waals surface area contributed by atoms with Gasteiger partial charge in [0.15, 0.2) is 17.3 Å². The van der Waals surface area contributed by atoms with Crippen LogP contribution in [0.25, 0.3) is 0 Å². The van der Waals surface area contributed by atoms with Gasteiger partial charge in [-0.15, -0.1) is 0 Å². The zero-order valence-electron chi connectivity index (χ0n) is 21.6. The van der Waals surface area contributed by atoms with Crippen molar-refractivity contribution in [3.63, 3.8) is 0 Å². The fraction of sp³-hybridized carbons (Fsp3) is 0.250. The number of Topliss-reactive ketones (excluding diaryl/α,β-unsaturated/α-hetero) is 1. The summed E-state index contributed by atoms with van der Waals surface area (Å²) in [6, 6.07) is 26.2. The molecule has 1 aliphatic carbocycles. The summed E-state index contributed by atoms with van der Waals surface area (Å²) in [5, 5.41) is 4.88. The van der Waals surface area contributed by atoms with Crippen molar-refractivity contribution in [3.8, 4) is 17.4 Å². The van der Waals surface area contributed by atoms with Gasteiger partial charge in [0.05, 0.1) is 19.3 Å². The number of allylic oxidation sites excluding steroid dienone is 2. The van der Waals surface area contributed by atoms with Crippen molar-refractivity contribution < 1.29 is 19.0 Å². The molecule has 6 heteroatoms. The number of methoxy groups -OCH3 is 1. The molecule has 0 unspecified atom stereocenters. The van der Waals surface area contributed by atoms with Gasteiger partial charge in [0.2, 0.25) is 5.88 Å². The molecule has 2 heterocycles. The molecule has 6 nitrogen and oxygen atoms in total. The number of hydrogen-bond donors (Lipinski definition) is 0. The number of fused-ring (bicyclic) bond motifs is 1. The van der Waals surface area contributed by atoms with Crippen LogP contribution in [0.2, 0.25) is 0 Å². The van der Waals surface area contributed by atoms with Gasteiger partial charge in [-0.3, -0.25) is 4.79 Å². The Kier molecular flexibility index (Phi) is 6.46. The van der Waals surface area contributed by atoms with Crippen LogP contribution in [0.1, 0.15) is 53.1 Å². The molecule has 0 saturated heterocycles. The maximum absolute atomic E-state index is 13.3. The molecule has 0 amide bonds. The van der Waals surface area contributed by atoms with Crippen LogP contribution in [-0.4, -0.2) is 22.7 Å². The third-order valence-electron chi connectivity index (χ3n) is 7.26. The van der Waals surface area contributed by atoms with E-state index in [9.17, 15) is 4.79 Å². The summed E-state index contributed by atoms with van der Waals surface area (Å²) in [5.74, 6) is 2.62. The first-order valence-electron chi connectivity index (χ1n) is 13.0. The molecular weight excluding hydrogens is 476 g/mol. The van der Waals surface area contributed by atoms with Gasteiger partial charge in [0, 0.05) is 29.9 Å². The Morgan fingerprint density at radius 1 is 0.947 bits per heavy atom. The van der Waals surface area contributed by atoms with E-state index in [-0.39, 0.29) is 11.7 Å². The Hall–Kier alpha value is -4.32. The summed E-state index contributed by atoms with van der Waals surface area (Å²) in [4.78, 5) is 13.3. The largest absolute Gasteiger partial charge is 0.493 e. The predicted octanol–water partition coefficient (Wildman–Crippen LogP) is 6.36. The summed E-state index contributed by atoms with van der Waals surface area (Å²) in [5.41, 5.74) is 5.70. The first-order chi connectivity index (χ1) is 18.6. The maximum Gasteiger partial charge on any atom is 0.222 e. The average Bonchev–Trinajstić information content (AvgIpc) is 3.26. The molecule has 1 aromatic heterocycles. The molecule has 0 bridgehead atoms. The summed E-state index contributed by atoms with van der Waals surface area (Å²) in [6.45, 7) is 3.00. The van der Waals surface area contributed by atoms with Gasteiger partial charge in [-0.05, 0) is 42.2 Å². The van der Waals surface area contributed by atoms with Gasteiger partial charge in [-0.2, -0.15) is 5.10 Å². The van der Waals surface area contributed by atoms with Gasteiger partial charge >= 0.3 is 0 Å². The second-order valence-electron chi connectivity index (χ2n) is 9.78. The van der Waals surface area contributed by atoms with Crippen LogP contribution in [0.5, 0.6) is 17.4 Å². The minimum absolute atomic E-state index is 0.139. The first-order valence-corrected chi connectivity index (χ1v) is 13.0. The Balaban J connectivity index is 1.43. The van der Waals surface area contributed by atoms with Crippen LogP contribution in [0, 0.1) is 6.92 Å². The highest BCUT2D eigenvalue weighted by molar-refractivity contribution is 5.99. The highest BCUT2D eigenvalue weighted by Gasteiger charge is 2.40. The molecule has 3 aromatic carbocycles. The number of aryl methyl sites for hydroxylation is 1. The summed E-state index contributed by atoms with van der Waals surface area (Å²) in [7, 11) is 1.64. The van der Waals surface area contributed by atoms with Crippen molar-refractivity contribution in [1.82, 2.24) is 9.78 Å². The highest BCUT2D eigenvalue weighted by atomic mass is 16.5. The van der Waals surface area contributed by atoms with E-state index in [1.807, 2.05) is 78.3 Å². The molecule has 0 spiro atoms. The van der Waals surface area contributed by atoms with Crippen LogP contribution in [0.4, 0.5) is 0 Å². The van der Waals surface area contributed by atoms with Crippen molar-refractivity contribution in [2.75, 3.05) is 7.11 Å². The summed E-state index contributed by atoms with van der Waals surface area (Å²) < 4.78 is 20.2. The van der Waals surface area contributed by atoms with Crippen molar-refractivity contribution in [1.29, 1.82) is 0 Å². The molecule has 0 N–H and O–H groups in total. The van der Waals surface area contributed by atoms with E-state index in [1.54, 1.807) is 7.11 Å². The zero-order valence-corrected chi connectivity index (χ0v) is 21.6. The SMILES string of the molecule is COc1ccc([C@@H]2C3=C(CCCC3=O)Oc3c2c(C)nn3Cc2ccccc2)cc1OCc1ccccc1. The molecule has 2 aliphatic rings. The lowest BCUT2D eigenvalue weighted by Crippen LogP contribution is -2.26. The number of ether oxygens (including phenoxy) is 3. The van der Waals surface area contributed by atoms with Gasteiger partial charge < -0.3 is 14.2 Å². The Morgan fingerprint density at radius 3 is 2.42 bits per heavy atom. The second kappa shape index (κ2) is 10.2. The van der Waals surface area contributed by atoms with E-state index in [0.717, 1.165) is 52.1 Å². The Labute approximate surface area is 222 Å². The normalized spacial score (nSPS) is 16.5. The van der Waals surface area contributed by atoms with E-state index in [1.165, 1.54) is 0 Å². The monoisotopic (exact) mass is 506 g/mol. The number of hydrogen-bond acceptors (Lipinski definition) is 5. The fourth-order valence-electron chi connectivity index (χ4n) is 5.46. The van der Waals surface area contributed by atoms with Gasteiger partial charge in [-0.1, -0.05) is 66.7 Å². The minimum atomic E-state index is -0.281. The quantitative estimate of drug-likeness (QED) is 0.292. The third-order valence-corrected chi connectivity index (χ3v) is 7.26. The molecule has 1 aliphatic heterocycles. The van der Waals surface area contributed by atoms with E-state index in [4.69, 9.17) is 19.3 Å². The smallest absolute Gasteiger partial charge is 0.222 e. The Bertz CT molecular complexity index is 1510. The summed E-state index contributed by atoms with van der Waals surface area (Å²) in [6.07, 6.45) is 2.05. The lowest BCUT2D eigenvalue weighted by Gasteiger charge is -2.32. The number of rotatable bonds is 7. The van der Waals surface area contributed by atoms with Crippen molar-refractivity contribution in [2.45, 2.75) is 45.3 Å². The van der Waals surface area contributed by atoms with E-state index < -0.39 is 0 Å². The van der Waals surface area contributed by atoms with Crippen molar-refractivity contribution in [3.05, 3.63) is 118 Å². The Morgan fingerprint density at radius 2 is 1.68 bits per heavy atom. The van der Waals surface area contributed by atoms with Crippen LogP contribution in [-0.2, 0) is 17.9 Å². The van der Waals surface area contributed by atoms with E-state index in [0.29, 0.717) is 37.0 Å². The van der Waals surface area contributed by atoms with Crippen molar-refractivity contribution in [2.24, 2.45) is 0 Å². The summed E-state index contributed by atoms with van der Waals surface area (Å²) >= 11 is 0. The molecule has 192 valence electrons. The molecule has 38 heavy (non-hydrogen) atoms. The van der Waals surface area contributed by atoms with Gasteiger partial charge in [-0.25, -0.2) is 4.68 Å². The zero-order chi connectivity index (χ0) is 26.1. The third kappa shape index (κ3) is 4.47. The molecule has 1 atom stereocenters. The number of carbonyl (C=O) groups excluding carboxylic acids is 1. The van der Waals surface area contributed by atoms with Crippen LogP contribution >= 0.6 is 0 Å². The molecule has 0 radical (unpaired) electrons. The van der Waals surface area contributed by atoms with Gasteiger partial charge in [0.25, 0.3) is 0 Å². The van der Waals surface area contributed by atoms with Crippen LogP contribution in [0.15, 0.2) is 90.2 Å². The molecule has 6 rings (SSSR count). The standard InChI is InChI=1S/C32H30N2O4/c1-21-29-30(24-16-17-26(36-2)28(18-24)37-20-23-12-7-4-8-13-23)31-25(35)14-9-15-27(31)38-32(29)34(33-21)19-22-10-5-3-6-11-22/h3-8,10-13,16-18,30H,9,14-15,19-20H2,1-2H3/t30-/m0/s1. The molecular formula is C32H30N2O4. The predicted molar refractivity (Wildman–Crippen MR) is 145 cm³/mol. The maximum atomic E-state index is 13.3. The average molecular weight is 507 g/mol. The number of carbonyl (C=O) groups is 1. The molecule has 0 fully saturated rings. The van der Waals surface area contributed by atoms with Crippen molar-refractivity contribution >= 4 is 5.78 Å². The van der Waals surface area contributed by atoms with Crippen LogP contribution in [0.3, 0.4) is 0 Å². The number of aromatic nitrogens is 2. The minimum Gasteiger partial charge on any atom is -0.493 e. The number of nitrogens with zero attached hydrogens (tertiary/aromatic N) is 2. The van der Waals surface area contributed by atoms with Crippen LogP contribution < -0.4 is 14.2 Å². The first kappa shape index (κ1) is 24.0. The fourth-order valence-corrected chi connectivity index (χ4v) is 5.46. The number of ketones is 1. The lowest BCUT2D eigenvalue weighted by atomic mass is 9.77.